The summed E-state index contributed by atoms with van der Waals surface area (Å²) < 4.78 is 21.3. The number of aryl methyl sites for hydroxylation is 1. The van der Waals surface area contributed by atoms with E-state index in [0.29, 0.717) is 62.3 Å². The number of guanidine groups is 1. The molecular weight excluding hydrogens is 694 g/mol. The van der Waals surface area contributed by atoms with E-state index in [-0.39, 0.29) is 58.1 Å². The number of fused-ring (bicyclic) bond motifs is 1. The summed E-state index contributed by atoms with van der Waals surface area (Å²) in [7, 11) is 0. The summed E-state index contributed by atoms with van der Waals surface area (Å²) in [5.41, 5.74) is 25.5. The van der Waals surface area contributed by atoms with E-state index in [9.17, 15) is 24.0 Å². The minimum atomic E-state index is -1.01. The van der Waals surface area contributed by atoms with Crippen LogP contribution in [0, 0.1) is 6.92 Å². The Labute approximate surface area is 306 Å². The Bertz CT molecular complexity index is 1610. The maximum absolute atomic E-state index is 13.3. The molecule has 20 heteroatoms. The van der Waals surface area contributed by atoms with Gasteiger partial charge in [0, 0.05) is 47.6 Å². The van der Waals surface area contributed by atoms with Gasteiger partial charge in [-0.05, 0) is 68.8 Å². The number of nitrogens with one attached hydrogen (secondary N) is 4. The molecule has 0 aliphatic carbocycles. The molecule has 1 heterocycles. The number of nitrogens with two attached hydrogens (primary N) is 3. The summed E-state index contributed by atoms with van der Waals surface area (Å²) in [6.45, 7) is 3.69. The van der Waals surface area contributed by atoms with Crippen molar-refractivity contribution in [1.82, 2.24) is 16.0 Å². The average Bonchev–Trinajstić information content (AvgIpc) is 3.11. The molecule has 4 amide bonds. The standard InChI is InChI=1S/C33H51N11O9/c1-22-19-30(47)53-27-20-23(7-8-24(22)27)41-32(49)26(5-2-3-10-34)43-29(46)21-39-31(48)25(6-4-11-38-33(35)36)42-28(45)9-13-50-15-17-52-18-16-51-14-12-40-44-37/h7-8,19-20,25-26H,2-6,9-18,21,34H2,1H3,(H,39,48)(H,41,49)(H,42,45)(H,43,46)(H4,35,36,38). The number of ether oxygens (including phenoxy) is 3. The van der Waals surface area contributed by atoms with Crippen molar-refractivity contribution in [3.05, 3.63) is 50.7 Å². The van der Waals surface area contributed by atoms with Crippen molar-refractivity contribution in [2.75, 3.05) is 71.1 Å². The first kappa shape index (κ1) is 43.9. The largest absolute Gasteiger partial charge is 0.423 e. The van der Waals surface area contributed by atoms with Crippen LogP contribution in [0.1, 0.15) is 44.1 Å². The van der Waals surface area contributed by atoms with E-state index in [1.54, 1.807) is 19.1 Å². The Hall–Kier alpha value is -5.27. The molecule has 0 fully saturated rings. The van der Waals surface area contributed by atoms with Crippen molar-refractivity contribution in [3.63, 3.8) is 0 Å². The van der Waals surface area contributed by atoms with Crippen LogP contribution in [0.25, 0.3) is 21.4 Å². The molecule has 2 rings (SSSR count). The summed E-state index contributed by atoms with van der Waals surface area (Å²) in [5, 5.41) is 14.6. The van der Waals surface area contributed by atoms with Gasteiger partial charge in [-0.15, -0.1) is 0 Å². The lowest BCUT2D eigenvalue weighted by Gasteiger charge is -2.20. The number of aliphatic imine (C=N–C) groups is 1. The van der Waals surface area contributed by atoms with Crippen LogP contribution in [0.5, 0.6) is 0 Å². The van der Waals surface area contributed by atoms with Gasteiger partial charge in [0.1, 0.15) is 17.7 Å². The fourth-order valence-electron chi connectivity index (χ4n) is 4.83. The number of anilines is 1. The number of rotatable bonds is 27. The number of unbranched alkanes of at least 4 members (excludes halogenated alkanes) is 1. The minimum Gasteiger partial charge on any atom is -0.423 e. The Morgan fingerprint density at radius 3 is 2.23 bits per heavy atom. The van der Waals surface area contributed by atoms with Gasteiger partial charge in [-0.1, -0.05) is 5.11 Å². The molecule has 0 saturated carbocycles. The Balaban J connectivity index is 1.89. The second kappa shape index (κ2) is 25.6. The van der Waals surface area contributed by atoms with Crippen molar-refractivity contribution in [2.24, 2.45) is 27.3 Å². The lowest BCUT2D eigenvalue weighted by Crippen LogP contribution is -2.51. The highest BCUT2D eigenvalue weighted by molar-refractivity contribution is 5.99. The van der Waals surface area contributed by atoms with Gasteiger partial charge in [0.05, 0.1) is 46.2 Å². The zero-order valence-electron chi connectivity index (χ0n) is 30.0. The predicted octanol–water partition coefficient (Wildman–Crippen LogP) is 0.0585. The molecule has 0 bridgehead atoms. The van der Waals surface area contributed by atoms with Gasteiger partial charge in [-0.3, -0.25) is 24.2 Å². The highest BCUT2D eigenvalue weighted by atomic mass is 16.5. The maximum Gasteiger partial charge on any atom is 0.336 e. The summed E-state index contributed by atoms with van der Waals surface area (Å²) >= 11 is 0. The molecule has 0 aliphatic rings. The van der Waals surface area contributed by atoms with E-state index in [0.717, 1.165) is 5.56 Å². The molecule has 20 nitrogen and oxygen atoms in total. The Morgan fingerprint density at radius 1 is 0.868 bits per heavy atom. The minimum absolute atomic E-state index is 0.0385. The first-order valence-corrected chi connectivity index (χ1v) is 17.2. The van der Waals surface area contributed by atoms with E-state index in [2.05, 4.69) is 36.3 Å². The molecule has 0 aliphatic heterocycles. The lowest BCUT2D eigenvalue weighted by molar-refractivity contribution is -0.131. The van der Waals surface area contributed by atoms with Gasteiger partial charge in [0.2, 0.25) is 23.6 Å². The van der Waals surface area contributed by atoms with Crippen molar-refractivity contribution < 1.29 is 37.8 Å². The molecular formula is C33H51N11O9. The smallest absolute Gasteiger partial charge is 0.336 e. The second-order valence-electron chi connectivity index (χ2n) is 11.7. The highest BCUT2D eigenvalue weighted by Crippen LogP contribution is 2.21. The fourth-order valence-corrected chi connectivity index (χ4v) is 4.83. The summed E-state index contributed by atoms with van der Waals surface area (Å²) in [4.78, 5) is 70.3. The van der Waals surface area contributed by atoms with Crippen LogP contribution in [-0.2, 0) is 33.4 Å². The van der Waals surface area contributed by atoms with E-state index in [1.807, 2.05) is 0 Å². The number of hydrogen-bond acceptors (Lipinski definition) is 12. The maximum atomic E-state index is 13.3. The van der Waals surface area contributed by atoms with Gasteiger partial charge in [-0.25, -0.2) is 4.79 Å². The zero-order valence-corrected chi connectivity index (χ0v) is 30.0. The number of carbonyl (C=O) groups excluding carboxylic acids is 4. The highest BCUT2D eigenvalue weighted by Gasteiger charge is 2.24. The van der Waals surface area contributed by atoms with Gasteiger partial charge in [0.15, 0.2) is 5.96 Å². The number of hydrogen-bond donors (Lipinski definition) is 7. The quantitative estimate of drug-likeness (QED) is 0.0121. The summed E-state index contributed by atoms with van der Waals surface area (Å²) in [6.07, 6.45) is 1.93. The first-order valence-electron chi connectivity index (χ1n) is 17.2. The molecule has 292 valence electrons. The number of carbonyl (C=O) groups is 4. The van der Waals surface area contributed by atoms with Gasteiger partial charge in [-0.2, -0.15) is 0 Å². The third-order valence-corrected chi connectivity index (χ3v) is 7.45. The van der Waals surface area contributed by atoms with Crippen LogP contribution in [0.3, 0.4) is 0 Å². The third kappa shape index (κ3) is 18.7. The van der Waals surface area contributed by atoms with Crippen molar-refractivity contribution >= 4 is 46.2 Å². The summed E-state index contributed by atoms with van der Waals surface area (Å²) in [5.74, 6) is -2.33. The topological polar surface area (TPSA) is 313 Å². The van der Waals surface area contributed by atoms with Crippen LogP contribution in [0.4, 0.5) is 5.69 Å². The Kier molecular flexibility index (Phi) is 21.2. The first-order chi connectivity index (χ1) is 25.5. The molecule has 2 aromatic rings. The third-order valence-electron chi connectivity index (χ3n) is 7.45. The molecule has 53 heavy (non-hydrogen) atoms. The van der Waals surface area contributed by atoms with Gasteiger partial charge >= 0.3 is 5.63 Å². The monoisotopic (exact) mass is 745 g/mol. The molecule has 1 aromatic carbocycles. The molecule has 0 saturated heterocycles. The summed E-state index contributed by atoms with van der Waals surface area (Å²) in [6, 6.07) is 4.31. The number of azide groups is 1. The van der Waals surface area contributed by atoms with E-state index in [1.165, 1.54) is 12.1 Å². The number of amides is 4. The van der Waals surface area contributed by atoms with Gasteiger partial charge in [0.25, 0.3) is 0 Å². The lowest BCUT2D eigenvalue weighted by atomic mass is 10.1. The molecule has 2 atom stereocenters. The number of benzene rings is 1. The molecule has 0 spiro atoms. The average molecular weight is 746 g/mol. The molecule has 2 unspecified atom stereocenters. The van der Waals surface area contributed by atoms with Crippen molar-refractivity contribution in [2.45, 2.75) is 57.5 Å². The van der Waals surface area contributed by atoms with Crippen LogP contribution >= 0.6 is 0 Å². The fraction of sp³-hybridized carbons (Fsp3) is 0.576. The van der Waals surface area contributed by atoms with Gasteiger partial charge < -0.3 is 57.1 Å². The molecule has 0 radical (unpaired) electrons. The predicted molar refractivity (Wildman–Crippen MR) is 197 cm³/mol. The van der Waals surface area contributed by atoms with E-state index >= 15 is 0 Å². The zero-order chi connectivity index (χ0) is 38.8. The van der Waals surface area contributed by atoms with Crippen LogP contribution in [0.2, 0.25) is 0 Å². The van der Waals surface area contributed by atoms with Crippen LogP contribution in [-0.4, -0.2) is 107 Å². The van der Waals surface area contributed by atoms with E-state index in [4.69, 9.17) is 41.4 Å². The van der Waals surface area contributed by atoms with Crippen molar-refractivity contribution in [3.8, 4) is 0 Å². The number of nitrogens with zero attached hydrogens (tertiary/aromatic N) is 4. The van der Waals surface area contributed by atoms with Crippen LogP contribution < -0.4 is 44.1 Å². The SMILES string of the molecule is Cc1cc(=O)oc2cc(NC(=O)C(CCCCN)NC(=O)CNC(=O)C(CCCN=C(N)N)NC(=O)CCOCCOCCOCCN=[N+]=[N-])ccc12. The normalized spacial score (nSPS) is 11.9. The second-order valence-corrected chi connectivity index (χ2v) is 11.7. The van der Waals surface area contributed by atoms with Crippen LogP contribution in [0.15, 0.2) is 43.6 Å². The van der Waals surface area contributed by atoms with E-state index < -0.39 is 47.9 Å². The Morgan fingerprint density at radius 2 is 1.53 bits per heavy atom. The van der Waals surface area contributed by atoms with Crippen molar-refractivity contribution in [1.29, 1.82) is 0 Å². The molecule has 1 aromatic heterocycles. The molecule has 10 N–H and O–H groups in total.